The van der Waals surface area contributed by atoms with E-state index in [1.807, 2.05) is 19.1 Å². The van der Waals surface area contributed by atoms with Gasteiger partial charge in [0.15, 0.2) is 5.67 Å². The Labute approximate surface area is 239 Å². The summed E-state index contributed by atoms with van der Waals surface area (Å²) in [7, 11) is 0. The molecular weight excluding hydrogens is 539 g/mol. The number of nitrogens with one attached hydrogen (secondary N) is 1. The number of hydrogen-bond donors (Lipinski definition) is 1. The first-order chi connectivity index (χ1) is 19.5. The van der Waals surface area contributed by atoms with Crippen LogP contribution in [0.1, 0.15) is 51.5 Å². The molecule has 1 saturated carbocycles. The number of aromatic nitrogens is 2. The number of anilines is 2. The number of hydrogen-bond acceptors (Lipinski definition) is 8. The molecule has 9 nitrogen and oxygen atoms in total. The van der Waals surface area contributed by atoms with Gasteiger partial charge in [-0.25, -0.2) is 9.07 Å². The van der Waals surface area contributed by atoms with Gasteiger partial charge in [0.25, 0.3) is 5.56 Å². The van der Waals surface area contributed by atoms with Gasteiger partial charge in [0, 0.05) is 24.9 Å². The van der Waals surface area contributed by atoms with E-state index in [1.165, 1.54) is 10.9 Å². The van der Waals surface area contributed by atoms with Crippen LogP contribution in [0.2, 0.25) is 5.02 Å². The van der Waals surface area contributed by atoms with Crippen LogP contribution in [-0.2, 0) is 14.2 Å². The summed E-state index contributed by atoms with van der Waals surface area (Å²) in [5.41, 5.74) is -0.350. The predicted molar refractivity (Wildman–Crippen MR) is 153 cm³/mol. The van der Waals surface area contributed by atoms with Gasteiger partial charge < -0.3 is 29.2 Å². The fourth-order valence-electron chi connectivity index (χ4n) is 5.88. The van der Waals surface area contributed by atoms with Crippen LogP contribution in [0.5, 0.6) is 5.75 Å². The van der Waals surface area contributed by atoms with Gasteiger partial charge in [-0.15, -0.1) is 0 Å². The summed E-state index contributed by atoms with van der Waals surface area (Å²) < 4.78 is 39.0. The molecule has 0 unspecified atom stereocenters. The average Bonchev–Trinajstić information content (AvgIpc) is 2.98. The zero-order chi connectivity index (χ0) is 28.0. The number of ether oxygens (including phenoxy) is 4. The van der Waals surface area contributed by atoms with Crippen LogP contribution in [0, 0.1) is 0 Å². The molecule has 3 aliphatic rings. The van der Waals surface area contributed by atoms with E-state index in [1.54, 1.807) is 0 Å². The molecular formula is C29H40ClFN4O5. The minimum Gasteiger partial charge on any atom is -0.494 e. The Kier molecular flexibility index (Phi) is 9.83. The number of alkyl halides is 1. The molecule has 2 atom stereocenters. The van der Waals surface area contributed by atoms with E-state index < -0.39 is 5.67 Å². The van der Waals surface area contributed by atoms with E-state index >= 15 is 0 Å². The second kappa shape index (κ2) is 13.5. The number of halogens is 2. The molecule has 2 saturated heterocycles. The van der Waals surface area contributed by atoms with Crippen molar-refractivity contribution < 1.29 is 23.3 Å². The van der Waals surface area contributed by atoms with Crippen molar-refractivity contribution in [1.29, 1.82) is 0 Å². The molecule has 0 spiro atoms. The largest absolute Gasteiger partial charge is 0.494 e. The van der Waals surface area contributed by atoms with Crippen molar-refractivity contribution in [2.24, 2.45) is 0 Å². The van der Waals surface area contributed by atoms with Gasteiger partial charge >= 0.3 is 0 Å². The first kappa shape index (κ1) is 29.1. The maximum Gasteiger partial charge on any atom is 0.287 e. The number of rotatable bonds is 10. The highest BCUT2D eigenvalue weighted by Gasteiger charge is 2.34. The zero-order valence-corrected chi connectivity index (χ0v) is 23.9. The van der Waals surface area contributed by atoms with Crippen LogP contribution in [-0.4, -0.2) is 80.3 Å². The Morgan fingerprint density at radius 1 is 1.18 bits per heavy atom. The average molecular weight is 579 g/mol. The van der Waals surface area contributed by atoms with Gasteiger partial charge in [0.05, 0.1) is 63.6 Å². The van der Waals surface area contributed by atoms with Crippen LogP contribution in [0.3, 0.4) is 0 Å². The molecule has 2 aliphatic heterocycles. The summed E-state index contributed by atoms with van der Waals surface area (Å²) in [6, 6.07) is 8.43. The maximum atomic E-state index is 14.9. The second-order valence-electron chi connectivity index (χ2n) is 10.9. The van der Waals surface area contributed by atoms with Crippen LogP contribution < -0.4 is 20.5 Å². The SMILES string of the molecule is CCOc1ccc(N(C[C@H]2COCCO2)C2CCC(n3ncc(NC[C@@]4(F)CCCOC4)c(Cl)c3=O)CC2)cc1. The Balaban J connectivity index is 1.24. The lowest BCUT2D eigenvalue weighted by atomic mass is 9.89. The minimum atomic E-state index is -1.47. The molecule has 11 heteroatoms. The number of benzene rings is 1. The normalized spacial score (nSPS) is 27.2. The highest BCUT2D eigenvalue weighted by atomic mass is 35.5. The van der Waals surface area contributed by atoms with Crippen LogP contribution in [0.15, 0.2) is 35.3 Å². The topological polar surface area (TPSA) is 87.1 Å². The molecule has 2 aromatic rings. The van der Waals surface area contributed by atoms with Gasteiger partial charge in [0.1, 0.15) is 10.8 Å². The summed E-state index contributed by atoms with van der Waals surface area (Å²) in [5, 5.41) is 7.47. The fraction of sp³-hybridized carbons (Fsp3) is 0.655. The lowest BCUT2D eigenvalue weighted by molar-refractivity contribution is -0.0847. The Morgan fingerprint density at radius 3 is 2.65 bits per heavy atom. The molecule has 220 valence electrons. The summed E-state index contributed by atoms with van der Waals surface area (Å²) in [6.45, 7) is 5.79. The third kappa shape index (κ3) is 7.08. The molecule has 1 aromatic carbocycles. The first-order valence-corrected chi connectivity index (χ1v) is 14.8. The van der Waals surface area contributed by atoms with E-state index in [9.17, 15) is 9.18 Å². The first-order valence-electron chi connectivity index (χ1n) is 14.4. The summed E-state index contributed by atoms with van der Waals surface area (Å²) in [6.07, 6.45) is 6.00. The highest BCUT2D eigenvalue weighted by Crippen LogP contribution is 2.34. The molecule has 1 aromatic heterocycles. The van der Waals surface area contributed by atoms with E-state index in [0.717, 1.165) is 43.7 Å². The summed E-state index contributed by atoms with van der Waals surface area (Å²) in [5.74, 6) is 0.848. The molecule has 0 radical (unpaired) electrons. The van der Waals surface area contributed by atoms with Gasteiger partial charge in [-0.2, -0.15) is 5.10 Å². The van der Waals surface area contributed by atoms with Gasteiger partial charge in [0.2, 0.25) is 0 Å². The van der Waals surface area contributed by atoms with Gasteiger partial charge in [-0.05, 0) is 69.7 Å². The zero-order valence-electron chi connectivity index (χ0n) is 23.2. The van der Waals surface area contributed by atoms with Crippen molar-refractivity contribution in [3.05, 3.63) is 45.8 Å². The van der Waals surface area contributed by atoms with Crippen LogP contribution >= 0.6 is 11.6 Å². The van der Waals surface area contributed by atoms with Crippen molar-refractivity contribution in [3.63, 3.8) is 0 Å². The molecule has 1 N–H and O–H groups in total. The standard InChI is InChI=1S/C29H40ClFN4O5/c1-2-39-24-10-8-22(9-11-24)34(17-25-18-37-14-15-40-25)21-4-6-23(7-5-21)35-28(36)27(30)26(16-33-35)32-19-29(31)12-3-13-38-20-29/h8-11,16,21,23,25,32H,2-7,12-15,17-20H2,1H3/t21?,23?,25-,29-/m0/s1. The van der Waals surface area contributed by atoms with Crippen molar-refractivity contribution in [2.45, 2.75) is 69.3 Å². The quantitative estimate of drug-likeness (QED) is 0.437. The smallest absolute Gasteiger partial charge is 0.287 e. The van der Waals surface area contributed by atoms with E-state index in [0.29, 0.717) is 51.6 Å². The molecule has 0 bridgehead atoms. The Morgan fingerprint density at radius 2 is 1.98 bits per heavy atom. The third-order valence-corrected chi connectivity index (χ3v) is 8.40. The van der Waals surface area contributed by atoms with Crippen molar-refractivity contribution >= 4 is 23.0 Å². The lowest BCUT2D eigenvalue weighted by Crippen LogP contribution is -2.46. The molecule has 1 aliphatic carbocycles. The fourth-order valence-corrected chi connectivity index (χ4v) is 6.08. The van der Waals surface area contributed by atoms with Crippen LogP contribution in [0.4, 0.5) is 15.8 Å². The van der Waals surface area contributed by atoms with Gasteiger partial charge in [-0.1, -0.05) is 11.6 Å². The lowest BCUT2D eigenvalue weighted by Gasteiger charge is -2.40. The molecule has 3 heterocycles. The Hall–Kier alpha value is -2.40. The van der Waals surface area contributed by atoms with E-state index in [2.05, 4.69) is 27.4 Å². The third-order valence-electron chi connectivity index (χ3n) is 8.03. The van der Waals surface area contributed by atoms with E-state index in [4.69, 9.17) is 30.5 Å². The molecule has 40 heavy (non-hydrogen) atoms. The number of nitrogens with zero attached hydrogens (tertiary/aromatic N) is 3. The van der Waals surface area contributed by atoms with Crippen LogP contribution in [0.25, 0.3) is 0 Å². The second-order valence-corrected chi connectivity index (χ2v) is 11.3. The van der Waals surface area contributed by atoms with Crippen molar-refractivity contribution in [2.75, 3.05) is 62.9 Å². The molecule has 3 fully saturated rings. The van der Waals surface area contributed by atoms with E-state index in [-0.39, 0.29) is 41.9 Å². The minimum absolute atomic E-state index is 0.00445. The van der Waals surface area contributed by atoms with Gasteiger partial charge in [-0.3, -0.25) is 4.79 Å². The van der Waals surface area contributed by atoms with Crippen molar-refractivity contribution in [3.8, 4) is 5.75 Å². The monoisotopic (exact) mass is 578 g/mol. The summed E-state index contributed by atoms with van der Waals surface area (Å²) >= 11 is 6.45. The predicted octanol–water partition coefficient (Wildman–Crippen LogP) is 4.63. The maximum absolute atomic E-state index is 14.9. The molecule has 0 amide bonds. The summed E-state index contributed by atoms with van der Waals surface area (Å²) in [4.78, 5) is 15.6. The highest BCUT2D eigenvalue weighted by molar-refractivity contribution is 6.32. The molecule has 5 rings (SSSR count). The Bertz CT molecular complexity index is 1150. The van der Waals surface area contributed by atoms with Crippen molar-refractivity contribution in [1.82, 2.24) is 9.78 Å².